The van der Waals surface area contributed by atoms with Crippen LogP contribution in [0.1, 0.15) is 43.7 Å². The average Bonchev–Trinajstić information content (AvgIpc) is 3.08. The lowest BCUT2D eigenvalue weighted by atomic mass is 9.99. The molecule has 0 saturated carbocycles. The van der Waals surface area contributed by atoms with E-state index in [1.165, 1.54) is 19.2 Å². The minimum Gasteiger partial charge on any atom is -0.495 e. The first-order valence-corrected chi connectivity index (χ1v) is 10.8. The van der Waals surface area contributed by atoms with Crippen LogP contribution in [0.15, 0.2) is 41.3 Å². The third-order valence-electron chi connectivity index (χ3n) is 4.99. The van der Waals surface area contributed by atoms with Crippen molar-refractivity contribution in [1.29, 1.82) is 0 Å². The van der Waals surface area contributed by atoms with Gasteiger partial charge in [-0.05, 0) is 48.6 Å². The van der Waals surface area contributed by atoms with Crippen molar-refractivity contribution in [1.82, 2.24) is 0 Å². The number of carbonyl (C=O) groups excluding carboxylic acids is 1. The van der Waals surface area contributed by atoms with Crippen LogP contribution in [0.4, 0.5) is 11.4 Å². The van der Waals surface area contributed by atoms with E-state index in [1.54, 1.807) is 11.0 Å². The number of ether oxygens (including phenoxy) is 1. The number of aryl methyl sites for hydroxylation is 1. The summed E-state index contributed by atoms with van der Waals surface area (Å²) in [7, 11) is -2.32. The Kier molecular flexibility index (Phi) is 5.65. The normalized spacial score (nSPS) is 14.6. The number of hydrogen-bond donors (Lipinski definition) is 1. The third-order valence-corrected chi connectivity index (χ3v) is 6.34. The van der Waals surface area contributed by atoms with E-state index in [0.29, 0.717) is 30.1 Å². The molecule has 1 amide bonds. The molecule has 2 aromatic carbocycles. The van der Waals surface area contributed by atoms with Crippen LogP contribution in [0.25, 0.3) is 0 Å². The van der Waals surface area contributed by atoms with Gasteiger partial charge >= 0.3 is 0 Å². The summed E-state index contributed by atoms with van der Waals surface area (Å²) in [5.74, 6) is 0.626. The molecule has 0 radical (unpaired) electrons. The molecule has 0 spiro atoms. The van der Waals surface area contributed by atoms with E-state index in [1.807, 2.05) is 39.0 Å². The Labute approximate surface area is 166 Å². The Morgan fingerprint density at radius 2 is 1.93 bits per heavy atom. The van der Waals surface area contributed by atoms with Crippen molar-refractivity contribution >= 4 is 27.3 Å². The van der Waals surface area contributed by atoms with Gasteiger partial charge in [-0.2, -0.15) is 0 Å². The lowest BCUT2D eigenvalue weighted by molar-refractivity contribution is -0.117. The summed E-state index contributed by atoms with van der Waals surface area (Å²) in [6.07, 6.45) is 1.21. The Morgan fingerprint density at radius 1 is 1.18 bits per heavy atom. The van der Waals surface area contributed by atoms with Crippen LogP contribution in [-0.2, 0) is 14.8 Å². The summed E-state index contributed by atoms with van der Waals surface area (Å²) in [6, 6.07) is 10.3. The SMILES string of the molecule is COc1ccc(S(=O)(=O)Nc2c(C)cccc2C(C)C)cc1N1CCCC1=O. The zero-order valence-corrected chi connectivity index (χ0v) is 17.5. The first-order valence-electron chi connectivity index (χ1n) is 9.35. The smallest absolute Gasteiger partial charge is 0.261 e. The molecule has 1 aliphatic rings. The van der Waals surface area contributed by atoms with Crippen molar-refractivity contribution in [2.24, 2.45) is 0 Å². The van der Waals surface area contributed by atoms with Gasteiger partial charge < -0.3 is 9.64 Å². The van der Waals surface area contributed by atoms with Gasteiger partial charge in [-0.25, -0.2) is 8.42 Å². The molecule has 150 valence electrons. The molecule has 7 heteroatoms. The second kappa shape index (κ2) is 7.83. The molecule has 0 bridgehead atoms. The molecule has 3 rings (SSSR count). The van der Waals surface area contributed by atoms with E-state index in [-0.39, 0.29) is 16.7 Å². The van der Waals surface area contributed by atoms with Crippen molar-refractivity contribution < 1.29 is 17.9 Å². The van der Waals surface area contributed by atoms with Gasteiger partial charge in [0, 0.05) is 13.0 Å². The summed E-state index contributed by atoms with van der Waals surface area (Å²) in [5, 5.41) is 0. The van der Waals surface area contributed by atoms with E-state index < -0.39 is 10.0 Å². The van der Waals surface area contributed by atoms with Crippen molar-refractivity contribution in [2.45, 2.75) is 44.4 Å². The number of nitrogens with zero attached hydrogens (tertiary/aromatic N) is 1. The van der Waals surface area contributed by atoms with Crippen LogP contribution in [0.5, 0.6) is 5.75 Å². The standard InChI is InChI=1S/C21H26N2O4S/c1-14(2)17-8-5-7-15(3)21(17)22-28(25,26)16-10-11-19(27-4)18(13-16)23-12-6-9-20(23)24/h5,7-8,10-11,13-14,22H,6,9,12H2,1-4H3. The minimum absolute atomic E-state index is 0.0261. The third kappa shape index (κ3) is 3.85. The van der Waals surface area contributed by atoms with E-state index in [4.69, 9.17) is 4.74 Å². The first-order chi connectivity index (χ1) is 13.2. The molecule has 0 unspecified atom stereocenters. The van der Waals surface area contributed by atoms with Crippen LogP contribution < -0.4 is 14.4 Å². The number of rotatable bonds is 6. The number of carbonyl (C=O) groups is 1. The number of methoxy groups -OCH3 is 1. The molecule has 1 fully saturated rings. The fraction of sp³-hybridized carbons (Fsp3) is 0.381. The van der Waals surface area contributed by atoms with Crippen molar-refractivity contribution in [3.63, 3.8) is 0 Å². The molecule has 1 saturated heterocycles. The second-order valence-corrected chi connectivity index (χ2v) is 8.96. The molecule has 28 heavy (non-hydrogen) atoms. The molecule has 1 aliphatic heterocycles. The molecule has 2 aromatic rings. The van der Waals surface area contributed by atoms with Crippen LogP contribution >= 0.6 is 0 Å². The Bertz CT molecular complexity index is 999. The largest absolute Gasteiger partial charge is 0.495 e. The molecule has 1 heterocycles. The van der Waals surface area contributed by atoms with Gasteiger partial charge in [-0.15, -0.1) is 0 Å². The molecule has 1 N–H and O–H groups in total. The van der Waals surface area contributed by atoms with Gasteiger partial charge in [0.15, 0.2) is 0 Å². The van der Waals surface area contributed by atoms with E-state index in [0.717, 1.165) is 17.5 Å². The fourth-order valence-corrected chi connectivity index (χ4v) is 4.63. The summed E-state index contributed by atoms with van der Waals surface area (Å²) < 4.78 is 34.3. The maximum Gasteiger partial charge on any atom is 0.261 e. The first kappa shape index (κ1) is 20.2. The zero-order valence-electron chi connectivity index (χ0n) is 16.7. The van der Waals surface area contributed by atoms with E-state index >= 15 is 0 Å². The van der Waals surface area contributed by atoms with Gasteiger partial charge in [-0.3, -0.25) is 9.52 Å². The summed E-state index contributed by atoms with van der Waals surface area (Å²) in [6.45, 7) is 6.49. The predicted octanol–water partition coefficient (Wildman–Crippen LogP) is 4.05. The molecule has 0 aliphatic carbocycles. The van der Waals surface area contributed by atoms with Gasteiger partial charge in [0.25, 0.3) is 10.0 Å². The van der Waals surface area contributed by atoms with Gasteiger partial charge in [-0.1, -0.05) is 32.0 Å². The van der Waals surface area contributed by atoms with Gasteiger partial charge in [0.05, 0.1) is 23.4 Å². The minimum atomic E-state index is -3.83. The topological polar surface area (TPSA) is 75.7 Å². The van der Waals surface area contributed by atoms with E-state index in [2.05, 4.69) is 4.72 Å². The van der Waals surface area contributed by atoms with Crippen LogP contribution in [0.2, 0.25) is 0 Å². The summed E-state index contributed by atoms with van der Waals surface area (Å²) in [5.41, 5.74) is 2.89. The quantitative estimate of drug-likeness (QED) is 0.791. The maximum absolute atomic E-state index is 13.1. The summed E-state index contributed by atoms with van der Waals surface area (Å²) >= 11 is 0. The number of benzene rings is 2. The Morgan fingerprint density at radius 3 is 2.54 bits per heavy atom. The highest BCUT2D eigenvalue weighted by Crippen LogP contribution is 2.35. The number of anilines is 2. The monoisotopic (exact) mass is 402 g/mol. The highest BCUT2D eigenvalue weighted by atomic mass is 32.2. The van der Waals surface area contributed by atoms with Gasteiger partial charge in [0.2, 0.25) is 5.91 Å². The van der Waals surface area contributed by atoms with Crippen LogP contribution in [0, 0.1) is 6.92 Å². The predicted molar refractivity (Wildman–Crippen MR) is 111 cm³/mol. The molecule has 0 aromatic heterocycles. The molecular weight excluding hydrogens is 376 g/mol. The number of nitrogens with one attached hydrogen (secondary N) is 1. The summed E-state index contributed by atoms with van der Waals surface area (Å²) in [4.78, 5) is 13.9. The second-order valence-electron chi connectivity index (χ2n) is 7.28. The number of sulfonamides is 1. The van der Waals surface area contributed by atoms with Crippen LogP contribution in [0.3, 0.4) is 0 Å². The fourth-order valence-electron chi connectivity index (χ4n) is 3.46. The highest BCUT2D eigenvalue weighted by molar-refractivity contribution is 7.92. The molecular formula is C21H26N2O4S. The Balaban J connectivity index is 2.03. The maximum atomic E-state index is 13.1. The van der Waals surface area contributed by atoms with E-state index in [9.17, 15) is 13.2 Å². The van der Waals surface area contributed by atoms with Crippen molar-refractivity contribution in [3.8, 4) is 5.75 Å². The number of amides is 1. The van der Waals surface area contributed by atoms with Crippen LogP contribution in [-0.4, -0.2) is 28.0 Å². The average molecular weight is 403 g/mol. The number of para-hydroxylation sites is 1. The lowest BCUT2D eigenvalue weighted by Crippen LogP contribution is -2.25. The lowest BCUT2D eigenvalue weighted by Gasteiger charge is -2.21. The molecule has 6 nitrogen and oxygen atoms in total. The van der Waals surface area contributed by atoms with Crippen molar-refractivity contribution in [2.75, 3.05) is 23.3 Å². The highest BCUT2D eigenvalue weighted by Gasteiger charge is 2.27. The van der Waals surface area contributed by atoms with Gasteiger partial charge in [0.1, 0.15) is 5.75 Å². The Hall–Kier alpha value is -2.54. The zero-order chi connectivity index (χ0) is 20.5. The number of hydrogen-bond acceptors (Lipinski definition) is 4. The molecule has 0 atom stereocenters. The van der Waals surface area contributed by atoms with Crippen molar-refractivity contribution in [3.05, 3.63) is 47.5 Å².